The zero-order valence-corrected chi connectivity index (χ0v) is 10.1. The van der Waals surface area contributed by atoms with Gasteiger partial charge in [-0.2, -0.15) is 0 Å². The molecule has 0 bridgehead atoms. The first-order valence-corrected chi connectivity index (χ1v) is 6.50. The minimum absolute atomic E-state index is 0.282. The van der Waals surface area contributed by atoms with E-state index in [1.807, 2.05) is 0 Å². The van der Waals surface area contributed by atoms with Crippen LogP contribution in [0.4, 0.5) is 0 Å². The molecule has 0 saturated heterocycles. The average molecular weight is 237 g/mol. The fourth-order valence-electron chi connectivity index (χ4n) is 2.99. The molecule has 1 aliphatic rings. The maximum Gasteiger partial charge on any atom is 0.135 e. The van der Waals surface area contributed by atoms with E-state index in [1.54, 1.807) is 0 Å². The molecule has 0 saturated carbocycles. The highest BCUT2D eigenvalue weighted by Gasteiger charge is 2.22. The van der Waals surface area contributed by atoms with Crippen molar-refractivity contribution in [2.45, 2.75) is 25.3 Å². The Morgan fingerprint density at radius 1 is 1.11 bits per heavy atom. The monoisotopic (exact) mass is 237 g/mol. The van der Waals surface area contributed by atoms with E-state index in [4.69, 9.17) is 10.2 Å². The molecule has 0 radical (unpaired) electrons. The van der Waals surface area contributed by atoms with E-state index in [9.17, 15) is 0 Å². The third-order valence-corrected chi connectivity index (χ3v) is 3.95. The Morgan fingerprint density at radius 2 is 1.89 bits per heavy atom. The van der Waals surface area contributed by atoms with Crippen molar-refractivity contribution in [1.29, 1.82) is 0 Å². The van der Waals surface area contributed by atoms with Crippen LogP contribution in [0, 0.1) is 0 Å². The summed E-state index contributed by atoms with van der Waals surface area (Å²) < 4.78 is 5.99. The second-order valence-corrected chi connectivity index (χ2v) is 5.20. The van der Waals surface area contributed by atoms with E-state index in [2.05, 4.69) is 36.4 Å². The SMILES string of the molecule is NC1CCc2oc3cc4ccccc4cc3c2C1. The zero-order chi connectivity index (χ0) is 12.1. The normalized spacial score (nSPS) is 19.3. The summed E-state index contributed by atoms with van der Waals surface area (Å²) in [7, 11) is 0. The number of aryl methyl sites for hydroxylation is 1. The van der Waals surface area contributed by atoms with Gasteiger partial charge in [-0.15, -0.1) is 0 Å². The van der Waals surface area contributed by atoms with Crippen molar-refractivity contribution in [1.82, 2.24) is 0 Å². The van der Waals surface area contributed by atoms with E-state index in [-0.39, 0.29) is 6.04 Å². The van der Waals surface area contributed by atoms with Crippen LogP contribution in [-0.2, 0) is 12.8 Å². The van der Waals surface area contributed by atoms with E-state index in [0.717, 1.165) is 30.6 Å². The Labute approximate surface area is 105 Å². The molecule has 1 aromatic heterocycles. The van der Waals surface area contributed by atoms with E-state index in [1.165, 1.54) is 21.7 Å². The van der Waals surface area contributed by atoms with Crippen LogP contribution in [0.2, 0.25) is 0 Å². The molecule has 1 unspecified atom stereocenters. The molecule has 3 aromatic rings. The second-order valence-electron chi connectivity index (χ2n) is 5.20. The Balaban J connectivity index is 2.06. The second kappa shape index (κ2) is 3.59. The number of hydrogen-bond acceptors (Lipinski definition) is 2. The lowest BCUT2D eigenvalue weighted by atomic mass is 9.92. The Kier molecular flexibility index (Phi) is 2.03. The van der Waals surface area contributed by atoms with Gasteiger partial charge in [0.05, 0.1) is 0 Å². The Hall–Kier alpha value is -1.80. The summed E-state index contributed by atoms with van der Waals surface area (Å²) in [4.78, 5) is 0. The van der Waals surface area contributed by atoms with E-state index < -0.39 is 0 Å². The maximum absolute atomic E-state index is 6.07. The highest BCUT2D eigenvalue weighted by Crippen LogP contribution is 2.34. The van der Waals surface area contributed by atoms with Gasteiger partial charge in [0.1, 0.15) is 11.3 Å². The van der Waals surface area contributed by atoms with Crippen molar-refractivity contribution in [3.8, 4) is 0 Å². The third kappa shape index (κ3) is 1.39. The molecule has 4 rings (SSSR count). The molecule has 0 fully saturated rings. The number of furan rings is 1. The molecule has 0 aliphatic heterocycles. The molecule has 0 amide bonds. The smallest absolute Gasteiger partial charge is 0.135 e. The lowest BCUT2D eigenvalue weighted by Crippen LogP contribution is -2.27. The van der Waals surface area contributed by atoms with Gasteiger partial charge in [-0.05, 0) is 35.7 Å². The van der Waals surface area contributed by atoms with Gasteiger partial charge in [-0.25, -0.2) is 0 Å². The van der Waals surface area contributed by atoms with Gasteiger partial charge in [0.2, 0.25) is 0 Å². The lowest BCUT2D eigenvalue weighted by Gasteiger charge is -2.16. The highest BCUT2D eigenvalue weighted by molar-refractivity contribution is 5.97. The number of nitrogens with two attached hydrogens (primary N) is 1. The summed E-state index contributed by atoms with van der Waals surface area (Å²) in [5, 5.41) is 3.76. The van der Waals surface area contributed by atoms with Crippen molar-refractivity contribution >= 4 is 21.7 Å². The molecule has 2 aromatic carbocycles. The molecule has 2 nitrogen and oxygen atoms in total. The first kappa shape index (κ1) is 10.2. The molecule has 1 aliphatic carbocycles. The quantitative estimate of drug-likeness (QED) is 0.650. The molecule has 18 heavy (non-hydrogen) atoms. The van der Waals surface area contributed by atoms with Crippen LogP contribution in [0.15, 0.2) is 40.8 Å². The van der Waals surface area contributed by atoms with Crippen LogP contribution in [0.1, 0.15) is 17.7 Å². The molecule has 2 heteroatoms. The fourth-order valence-corrected chi connectivity index (χ4v) is 2.99. The van der Waals surface area contributed by atoms with Crippen molar-refractivity contribution in [2.24, 2.45) is 5.73 Å². The van der Waals surface area contributed by atoms with Crippen LogP contribution >= 0.6 is 0 Å². The summed E-state index contributed by atoms with van der Waals surface area (Å²) in [5.74, 6) is 1.14. The molecular formula is C16H15NO. The van der Waals surface area contributed by atoms with Gasteiger partial charge in [0.15, 0.2) is 0 Å². The fraction of sp³-hybridized carbons (Fsp3) is 0.250. The van der Waals surface area contributed by atoms with Crippen molar-refractivity contribution in [3.63, 3.8) is 0 Å². The molecular weight excluding hydrogens is 222 g/mol. The van der Waals surface area contributed by atoms with Gasteiger partial charge < -0.3 is 10.2 Å². The van der Waals surface area contributed by atoms with Crippen molar-refractivity contribution in [2.75, 3.05) is 0 Å². The number of rotatable bonds is 0. The predicted octanol–water partition coefficient (Wildman–Crippen LogP) is 3.40. The van der Waals surface area contributed by atoms with Crippen molar-refractivity contribution in [3.05, 3.63) is 47.7 Å². The first-order chi connectivity index (χ1) is 8.81. The number of hydrogen-bond donors (Lipinski definition) is 1. The molecule has 90 valence electrons. The minimum Gasteiger partial charge on any atom is -0.461 e. The van der Waals surface area contributed by atoms with Crippen LogP contribution < -0.4 is 5.73 Å². The van der Waals surface area contributed by atoms with Gasteiger partial charge in [-0.1, -0.05) is 24.3 Å². The average Bonchev–Trinajstić information content (AvgIpc) is 2.73. The van der Waals surface area contributed by atoms with Crippen LogP contribution in [0.5, 0.6) is 0 Å². The van der Waals surface area contributed by atoms with E-state index in [0.29, 0.717) is 0 Å². The summed E-state index contributed by atoms with van der Waals surface area (Å²) in [6.07, 6.45) is 2.95. The lowest BCUT2D eigenvalue weighted by molar-refractivity contribution is 0.476. The highest BCUT2D eigenvalue weighted by atomic mass is 16.3. The van der Waals surface area contributed by atoms with Crippen LogP contribution in [0.25, 0.3) is 21.7 Å². The molecule has 1 heterocycles. The van der Waals surface area contributed by atoms with Gasteiger partial charge >= 0.3 is 0 Å². The Morgan fingerprint density at radius 3 is 2.72 bits per heavy atom. The number of fused-ring (bicyclic) bond motifs is 4. The minimum atomic E-state index is 0.282. The van der Waals surface area contributed by atoms with Gasteiger partial charge in [0.25, 0.3) is 0 Å². The standard InChI is InChI=1S/C16H15NO/c17-12-5-6-15-14(9-12)13-7-10-3-1-2-4-11(10)8-16(13)18-15/h1-4,7-8,12H,5-6,9,17H2. The molecule has 0 spiro atoms. The van der Waals surface area contributed by atoms with Gasteiger partial charge in [-0.3, -0.25) is 0 Å². The zero-order valence-electron chi connectivity index (χ0n) is 10.1. The maximum atomic E-state index is 6.07. The third-order valence-electron chi connectivity index (χ3n) is 3.95. The molecule has 1 atom stereocenters. The summed E-state index contributed by atoms with van der Waals surface area (Å²) >= 11 is 0. The topological polar surface area (TPSA) is 39.2 Å². The van der Waals surface area contributed by atoms with Crippen LogP contribution in [-0.4, -0.2) is 6.04 Å². The first-order valence-electron chi connectivity index (χ1n) is 6.50. The predicted molar refractivity (Wildman–Crippen MR) is 73.7 cm³/mol. The van der Waals surface area contributed by atoms with Gasteiger partial charge in [0, 0.05) is 23.4 Å². The Bertz CT molecular complexity index is 741. The number of benzene rings is 2. The van der Waals surface area contributed by atoms with Crippen LogP contribution in [0.3, 0.4) is 0 Å². The largest absolute Gasteiger partial charge is 0.461 e. The summed E-state index contributed by atoms with van der Waals surface area (Å²) in [6.45, 7) is 0. The van der Waals surface area contributed by atoms with E-state index >= 15 is 0 Å². The van der Waals surface area contributed by atoms with Crippen molar-refractivity contribution < 1.29 is 4.42 Å². The summed E-state index contributed by atoms with van der Waals surface area (Å²) in [5.41, 5.74) is 8.41. The molecule has 2 N–H and O–H groups in total. The summed E-state index contributed by atoms with van der Waals surface area (Å²) in [6, 6.07) is 13.1.